The van der Waals surface area contributed by atoms with Gasteiger partial charge in [0, 0.05) is 25.7 Å². The molecule has 0 spiro atoms. The standard InChI is InChI=1S/C64H124O17P2/c1-9-56(7)42-34-26-20-22-29-37-45-62(67)75-51-59(80-63(68)46-38-30-19-13-11-12-16-24-32-40-54(3)4)52-78-82(70,71)76-48-58(65)49-77-83(72,73)79-53-60(81-64(69)47-39-31-23-21-27-35-43-57(8)10-2)50-74-61(66)44-36-28-18-15-14-17-25-33-41-55(5)6/h54-60,65H,9-53H2,1-8H3,(H,70,71)(H,72,73)/t56?,57?,58?,59-,60-/m1/s1. The molecule has 0 amide bonds. The van der Waals surface area contributed by atoms with Crippen molar-refractivity contribution in [2.45, 2.75) is 324 Å². The van der Waals surface area contributed by atoms with E-state index in [4.69, 9.17) is 37.0 Å². The SMILES string of the molecule is CCC(C)CCCCCCCCC(=O)OC[C@H](COP(=O)(O)OCC(O)COP(=O)(O)OC[C@@H](COC(=O)CCCCCCCCCCC(C)C)OC(=O)CCCCCCCCC(C)CC)OC(=O)CCCCCCCCCCCC(C)C. The maximum atomic E-state index is 13.0. The Morgan fingerprint density at radius 3 is 0.855 bits per heavy atom. The van der Waals surface area contributed by atoms with Gasteiger partial charge in [-0.05, 0) is 49.4 Å². The molecule has 19 heteroatoms. The quantitative estimate of drug-likeness (QED) is 0.0222. The largest absolute Gasteiger partial charge is 0.472 e. The Morgan fingerprint density at radius 2 is 0.578 bits per heavy atom. The summed E-state index contributed by atoms with van der Waals surface area (Å²) >= 11 is 0. The minimum atomic E-state index is -4.95. The zero-order chi connectivity index (χ0) is 61.8. The van der Waals surface area contributed by atoms with E-state index < -0.39 is 97.5 Å². The molecule has 0 radical (unpaired) electrons. The molecule has 0 heterocycles. The fourth-order valence-corrected chi connectivity index (χ4v) is 10.9. The first-order valence-electron chi connectivity index (χ1n) is 33.3. The first kappa shape index (κ1) is 81.1. The summed E-state index contributed by atoms with van der Waals surface area (Å²) in [5, 5.41) is 10.5. The van der Waals surface area contributed by atoms with Crippen LogP contribution in [-0.2, 0) is 65.4 Å². The van der Waals surface area contributed by atoms with Gasteiger partial charge < -0.3 is 33.8 Å². The van der Waals surface area contributed by atoms with Gasteiger partial charge in [0.1, 0.15) is 19.3 Å². The van der Waals surface area contributed by atoms with E-state index in [2.05, 4.69) is 55.4 Å². The normalized spacial score (nSPS) is 15.1. The maximum absolute atomic E-state index is 13.0. The Bertz CT molecular complexity index is 1670. The molecule has 0 rings (SSSR count). The molecule has 0 aliphatic rings. The third-order valence-electron chi connectivity index (χ3n) is 15.3. The number of carbonyl (C=O) groups is 4. The van der Waals surface area contributed by atoms with Crippen molar-refractivity contribution in [1.82, 2.24) is 0 Å². The fourth-order valence-electron chi connectivity index (χ4n) is 9.36. The van der Waals surface area contributed by atoms with Crippen molar-refractivity contribution in [3.8, 4) is 0 Å². The Labute approximate surface area is 505 Å². The van der Waals surface area contributed by atoms with E-state index in [1.165, 1.54) is 103 Å². The van der Waals surface area contributed by atoms with Gasteiger partial charge in [0.25, 0.3) is 0 Å². The minimum absolute atomic E-state index is 0.102. The highest BCUT2D eigenvalue weighted by Crippen LogP contribution is 2.45. The van der Waals surface area contributed by atoms with Crippen LogP contribution in [0, 0.1) is 23.7 Å². The zero-order valence-electron chi connectivity index (χ0n) is 53.8. The summed E-state index contributed by atoms with van der Waals surface area (Å²) in [5.41, 5.74) is 0. The molecule has 0 aromatic rings. The van der Waals surface area contributed by atoms with Crippen LogP contribution < -0.4 is 0 Å². The van der Waals surface area contributed by atoms with Gasteiger partial charge in [0.05, 0.1) is 26.4 Å². The van der Waals surface area contributed by atoms with Crippen molar-refractivity contribution >= 4 is 39.5 Å². The van der Waals surface area contributed by atoms with E-state index in [9.17, 15) is 43.2 Å². The number of rotatable bonds is 61. The minimum Gasteiger partial charge on any atom is -0.462 e. The predicted octanol–water partition coefficient (Wildman–Crippen LogP) is 17.4. The first-order valence-corrected chi connectivity index (χ1v) is 36.3. The lowest BCUT2D eigenvalue weighted by Gasteiger charge is -2.21. The lowest BCUT2D eigenvalue weighted by molar-refractivity contribution is -0.161. The molecule has 0 aromatic carbocycles. The van der Waals surface area contributed by atoms with Crippen LogP contribution in [0.15, 0.2) is 0 Å². The van der Waals surface area contributed by atoms with E-state index >= 15 is 0 Å². The Balaban J connectivity index is 5.27. The topological polar surface area (TPSA) is 237 Å². The molecule has 0 saturated heterocycles. The molecule has 17 nitrogen and oxygen atoms in total. The van der Waals surface area contributed by atoms with Crippen LogP contribution in [0.25, 0.3) is 0 Å². The van der Waals surface area contributed by atoms with E-state index in [1.807, 2.05) is 0 Å². The lowest BCUT2D eigenvalue weighted by Crippen LogP contribution is -2.30. The van der Waals surface area contributed by atoms with Gasteiger partial charge in [0.15, 0.2) is 12.2 Å². The monoisotopic (exact) mass is 1230 g/mol. The number of aliphatic hydroxyl groups is 1. The number of hydrogen-bond donors (Lipinski definition) is 3. The Morgan fingerprint density at radius 1 is 0.337 bits per heavy atom. The smallest absolute Gasteiger partial charge is 0.462 e. The molecule has 83 heavy (non-hydrogen) atoms. The second-order valence-electron chi connectivity index (χ2n) is 24.6. The molecule has 492 valence electrons. The highest BCUT2D eigenvalue weighted by molar-refractivity contribution is 7.47. The fraction of sp³-hybridized carbons (Fsp3) is 0.938. The molecule has 7 atom stereocenters. The molecule has 3 N–H and O–H groups in total. The predicted molar refractivity (Wildman–Crippen MR) is 331 cm³/mol. The van der Waals surface area contributed by atoms with Crippen molar-refractivity contribution in [1.29, 1.82) is 0 Å². The summed E-state index contributed by atoms with van der Waals surface area (Å²) in [7, 11) is -9.89. The van der Waals surface area contributed by atoms with E-state index in [1.54, 1.807) is 0 Å². The molecule has 5 unspecified atom stereocenters. The van der Waals surface area contributed by atoms with Gasteiger partial charge in [-0.2, -0.15) is 0 Å². The van der Waals surface area contributed by atoms with Crippen molar-refractivity contribution in [2.24, 2.45) is 23.7 Å². The van der Waals surface area contributed by atoms with Crippen LogP contribution in [0.4, 0.5) is 0 Å². The first-order chi connectivity index (χ1) is 39.7. The lowest BCUT2D eigenvalue weighted by atomic mass is 10.00. The maximum Gasteiger partial charge on any atom is 0.472 e. The van der Waals surface area contributed by atoms with E-state index in [0.29, 0.717) is 25.7 Å². The van der Waals surface area contributed by atoms with Gasteiger partial charge in [-0.1, -0.05) is 254 Å². The number of esters is 4. The van der Waals surface area contributed by atoms with Crippen molar-refractivity contribution in [3.63, 3.8) is 0 Å². The molecular weight excluding hydrogens is 1100 g/mol. The summed E-state index contributed by atoms with van der Waals surface area (Å²) in [4.78, 5) is 72.2. The number of unbranched alkanes of at least 4 members (excludes halogenated alkanes) is 25. The third kappa shape index (κ3) is 56.3. The number of ether oxygens (including phenoxy) is 4. The highest BCUT2D eigenvalue weighted by atomic mass is 31.2. The number of hydrogen-bond acceptors (Lipinski definition) is 15. The average molecular weight is 1230 g/mol. The summed E-state index contributed by atoms with van der Waals surface area (Å²) in [6.07, 6.45) is 33.6. The van der Waals surface area contributed by atoms with Crippen LogP contribution in [0.2, 0.25) is 0 Å². The van der Waals surface area contributed by atoms with Crippen molar-refractivity contribution in [2.75, 3.05) is 39.6 Å². The molecule has 0 aromatic heterocycles. The highest BCUT2D eigenvalue weighted by Gasteiger charge is 2.30. The van der Waals surface area contributed by atoms with Crippen molar-refractivity contribution < 1.29 is 80.2 Å². The molecular formula is C64H124O17P2. The van der Waals surface area contributed by atoms with Crippen LogP contribution >= 0.6 is 15.6 Å². The van der Waals surface area contributed by atoms with Gasteiger partial charge in [-0.25, -0.2) is 9.13 Å². The van der Waals surface area contributed by atoms with Crippen LogP contribution in [0.1, 0.15) is 306 Å². The summed E-state index contributed by atoms with van der Waals surface area (Å²) in [6, 6.07) is 0. The number of phosphoric ester groups is 2. The summed E-state index contributed by atoms with van der Waals surface area (Å²) in [6.45, 7) is 13.9. The van der Waals surface area contributed by atoms with Crippen LogP contribution in [-0.4, -0.2) is 96.7 Å². The van der Waals surface area contributed by atoms with Gasteiger partial charge in [0.2, 0.25) is 0 Å². The van der Waals surface area contributed by atoms with E-state index in [-0.39, 0.29) is 25.7 Å². The second kappa shape index (κ2) is 54.2. The van der Waals surface area contributed by atoms with Gasteiger partial charge in [-0.15, -0.1) is 0 Å². The number of phosphoric acid groups is 2. The molecule has 0 aliphatic heterocycles. The summed E-state index contributed by atoms with van der Waals surface area (Å²) in [5.74, 6) is 0.771. The number of carbonyl (C=O) groups excluding carboxylic acids is 4. The van der Waals surface area contributed by atoms with E-state index in [0.717, 1.165) is 120 Å². The Hall–Kier alpha value is -1.94. The summed E-state index contributed by atoms with van der Waals surface area (Å²) < 4.78 is 68.0. The number of aliphatic hydroxyl groups excluding tert-OH is 1. The van der Waals surface area contributed by atoms with Gasteiger partial charge >= 0.3 is 39.5 Å². The van der Waals surface area contributed by atoms with Gasteiger partial charge in [-0.3, -0.25) is 37.3 Å². The van der Waals surface area contributed by atoms with Crippen LogP contribution in [0.3, 0.4) is 0 Å². The Kier molecular flexibility index (Phi) is 53.0. The molecule has 0 fully saturated rings. The van der Waals surface area contributed by atoms with Crippen molar-refractivity contribution in [3.05, 3.63) is 0 Å². The van der Waals surface area contributed by atoms with Crippen LogP contribution in [0.5, 0.6) is 0 Å². The third-order valence-corrected chi connectivity index (χ3v) is 17.2. The average Bonchev–Trinajstić information content (AvgIpc) is 3.44. The molecule has 0 bridgehead atoms. The molecule has 0 aliphatic carbocycles. The second-order valence-corrected chi connectivity index (χ2v) is 27.5. The molecule has 0 saturated carbocycles. The zero-order valence-corrected chi connectivity index (χ0v) is 55.6.